The zero-order valence-corrected chi connectivity index (χ0v) is 12.3. The predicted molar refractivity (Wildman–Crippen MR) is 80.9 cm³/mol. The summed E-state index contributed by atoms with van der Waals surface area (Å²) < 4.78 is 0. The van der Waals surface area contributed by atoms with Gasteiger partial charge in [0.15, 0.2) is 0 Å². The fourth-order valence-corrected chi connectivity index (χ4v) is 2.46. The van der Waals surface area contributed by atoms with E-state index in [1.165, 1.54) is 4.90 Å². The first kappa shape index (κ1) is 14.9. The Kier molecular flexibility index (Phi) is 5.43. The molecule has 1 aliphatic rings. The molecule has 0 radical (unpaired) electrons. The number of rotatable bonds is 4. The molecule has 2 N–H and O–H groups in total. The maximum atomic E-state index is 12.0. The highest BCUT2D eigenvalue weighted by Gasteiger charge is 2.15. The van der Waals surface area contributed by atoms with Gasteiger partial charge >= 0.3 is 0 Å². The van der Waals surface area contributed by atoms with Crippen molar-refractivity contribution in [1.29, 1.82) is 0 Å². The van der Waals surface area contributed by atoms with Crippen LogP contribution in [-0.4, -0.2) is 49.1 Å². The number of benzene rings is 1. The molecule has 0 unspecified atom stereocenters. The van der Waals surface area contributed by atoms with Crippen LogP contribution in [-0.2, 0) is 9.59 Å². The maximum absolute atomic E-state index is 12.0. The Bertz CT molecular complexity index is 476. The molecule has 0 spiro atoms. The summed E-state index contributed by atoms with van der Waals surface area (Å²) in [5.41, 5.74) is 0.803. The third kappa shape index (κ3) is 4.54. The van der Waals surface area contributed by atoms with Crippen LogP contribution in [0.15, 0.2) is 29.2 Å². The Morgan fingerprint density at radius 2 is 2.10 bits per heavy atom. The summed E-state index contributed by atoms with van der Waals surface area (Å²) in [6, 6.07) is 7.76. The molecule has 0 aliphatic carbocycles. The minimum Gasteiger partial charge on any atom is -0.355 e. The van der Waals surface area contributed by atoms with Crippen LogP contribution in [0, 0.1) is 0 Å². The van der Waals surface area contributed by atoms with Gasteiger partial charge in [-0.1, -0.05) is 0 Å². The Morgan fingerprint density at radius 1 is 1.35 bits per heavy atom. The number of amides is 2. The van der Waals surface area contributed by atoms with Crippen molar-refractivity contribution in [1.82, 2.24) is 10.2 Å². The molecule has 1 heterocycles. The first-order valence-electron chi connectivity index (χ1n) is 6.60. The van der Waals surface area contributed by atoms with Crippen molar-refractivity contribution in [3.63, 3.8) is 0 Å². The third-order valence-electron chi connectivity index (χ3n) is 3.15. The number of carbonyl (C=O) groups is 2. The number of anilines is 1. The Labute approximate surface area is 123 Å². The molecule has 20 heavy (non-hydrogen) atoms. The number of nitrogens with zero attached hydrogens (tertiary/aromatic N) is 1. The van der Waals surface area contributed by atoms with E-state index < -0.39 is 0 Å². The molecular weight excluding hydrogens is 274 g/mol. The number of carbonyl (C=O) groups excluding carboxylic acids is 2. The van der Waals surface area contributed by atoms with E-state index in [0.29, 0.717) is 32.6 Å². The van der Waals surface area contributed by atoms with Gasteiger partial charge in [0.1, 0.15) is 0 Å². The van der Waals surface area contributed by atoms with Crippen molar-refractivity contribution in [3.8, 4) is 0 Å². The fourth-order valence-electron chi connectivity index (χ4n) is 2.05. The van der Waals surface area contributed by atoms with Crippen LogP contribution in [0.25, 0.3) is 0 Å². The van der Waals surface area contributed by atoms with Crippen LogP contribution in [0.2, 0.25) is 0 Å². The van der Waals surface area contributed by atoms with Crippen LogP contribution in [0.5, 0.6) is 0 Å². The summed E-state index contributed by atoms with van der Waals surface area (Å²) in [5.74, 6) is 0.0109. The van der Waals surface area contributed by atoms with Crippen LogP contribution >= 0.6 is 11.8 Å². The van der Waals surface area contributed by atoms with E-state index in [-0.39, 0.29) is 11.8 Å². The lowest BCUT2D eigenvalue weighted by Crippen LogP contribution is -2.35. The molecule has 5 nitrogen and oxygen atoms in total. The lowest BCUT2D eigenvalue weighted by molar-refractivity contribution is -0.121. The minimum atomic E-state index is -0.0451. The normalized spacial score (nSPS) is 16.4. The van der Waals surface area contributed by atoms with Gasteiger partial charge in [-0.05, 0) is 30.5 Å². The number of hydrogen-bond acceptors (Lipinski definition) is 4. The SMILES string of the molecule is CSc1ccc(NC(=O)CN2CCNC(=O)CC2)cc1. The molecule has 1 fully saturated rings. The highest BCUT2D eigenvalue weighted by Crippen LogP contribution is 2.17. The van der Waals surface area contributed by atoms with Gasteiger partial charge in [-0.2, -0.15) is 0 Å². The molecular formula is C14H19N3O2S. The van der Waals surface area contributed by atoms with Gasteiger partial charge in [-0.3, -0.25) is 14.5 Å². The molecule has 2 amide bonds. The monoisotopic (exact) mass is 293 g/mol. The molecule has 0 atom stereocenters. The zero-order valence-electron chi connectivity index (χ0n) is 11.5. The molecule has 1 aliphatic heterocycles. The summed E-state index contributed by atoms with van der Waals surface area (Å²) in [7, 11) is 0. The second kappa shape index (κ2) is 7.31. The second-order valence-electron chi connectivity index (χ2n) is 4.65. The Balaban J connectivity index is 1.83. The number of nitrogens with one attached hydrogen (secondary N) is 2. The van der Waals surface area contributed by atoms with Crippen LogP contribution in [0.3, 0.4) is 0 Å². The highest BCUT2D eigenvalue weighted by atomic mass is 32.2. The summed E-state index contributed by atoms with van der Waals surface area (Å²) >= 11 is 1.67. The first-order chi connectivity index (χ1) is 9.67. The Morgan fingerprint density at radius 3 is 2.80 bits per heavy atom. The molecule has 1 aromatic carbocycles. The lowest BCUT2D eigenvalue weighted by atomic mass is 10.3. The largest absolute Gasteiger partial charge is 0.355 e. The first-order valence-corrected chi connectivity index (χ1v) is 7.83. The van der Waals surface area contributed by atoms with Gasteiger partial charge in [-0.25, -0.2) is 0 Å². The topological polar surface area (TPSA) is 61.4 Å². The minimum absolute atomic E-state index is 0.0451. The van der Waals surface area contributed by atoms with E-state index in [1.54, 1.807) is 11.8 Å². The van der Waals surface area contributed by atoms with E-state index in [2.05, 4.69) is 10.6 Å². The zero-order chi connectivity index (χ0) is 14.4. The van der Waals surface area contributed by atoms with E-state index in [1.807, 2.05) is 35.4 Å². The summed E-state index contributed by atoms with van der Waals surface area (Å²) in [5, 5.41) is 5.67. The fraction of sp³-hybridized carbons (Fsp3) is 0.429. The summed E-state index contributed by atoms with van der Waals surface area (Å²) in [6.07, 6.45) is 2.47. The van der Waals surface area contributed by atoms with Gasteiger partial charge in [0.2, 0.25) is 11.8 Å². The molecule has 0 saturated carbocycles. The van der Waals surface area contributed by atoms with Crippen LogP contribution in [0.1, 0.15) is 6.42 Å². The molecule has 6 heteroatoms. The third-order valence-corrected chi connectivity index (χ3v) is 3.89. The second-order valence-corrected chi connectivity index (χ2v) is 5.53. The summed E-state index contributed by atoms with van der Waals surface area (Å²) in [6.45, 7) is 2.27. The molecule has 0 aromatic heterocycles. The summed E-state index contributed by atoms with van der Waals surface area (Å²) in [4.78, 5) is 26.3. The quantitative estimate of drug-likeness (QED) is 0.818. The van der Waals surface area contributed by atoms with E-state index >= 15 is 0 Å². The molecule has 0 bridgehead atoms. The maximum Gasteiger partial charge on any atom is 0.238 e. The number of hydrogen-bond donors (Lipinski definition) is 2. The average Bonchev–Trinajstić information content (AvgIpc) is 2.64. The van der Waals surface area contributed by atoms with Gasteiger partial charge in [-0.15, -0.1) is 11.8 Å². The van der Waals surface area contributed by atoms with Crippen molar-refractivity contribution in [2.45, 2.75) is 11.3 Å². The van der Waals surface area contributed by atoms with Crippen molar-refractivity contribution < 1.29 is 9.59 Å². The highest BCUT2D eigenvalue weighted by molar-refractivity contribution is 7.98. The van der Waals surface area contributed by atoms with Crippen molar-refractivity contribution in [2.24, 2.45) is 0 Å². The van der Waals surface area contributed by atoms with Crippen LogP contribution in [0.4, 0.5) is 5.69 Å². The predicted octanol–water partition coefficient (Wildman–Crippen LogP) is 1.17. The average molecular weight is 293 g/mol. The lowest BCUT2D eigenvalue weighted by Gasteiger charge is -2.18. The van der Waals surface area contributed by atoms with Crippen molar-refractivity contribution >= 4 is 29.3 Å². The van der Waals surface area contributed by atoms with E-state index in [4.69, 9.17) is 0 Å². The molecule has 108 valence electrons. The van der Waals surface area contributed by atoms with Crippen LogP contribution < -0.4 is 10.6 Å². The van der Waals surface area contributed by atoms with Gasteiger partial charge < -0.3 is 10.6 Å². The van der Waals surface area contributed by atoms with Crippen molar-refractivity contribution in [2.75, 3.05) is 37.8 Å². The Hall–Kier alpha value is -1.53. The van der Waals surface area contributed by atoms with Gasteiger partial charge in [0.05, 0.1) is 6.54 Å². The standard InChI is InChI=1S/C14H19N3O2S/c1-20-12-4-2-11(3-5-12)16-14(19)10-17-8-6-13(18)15-7-9-17/h2-5H,6-10H2,1H3,(H,15,18)(H,16,19). The van der Waals surface area contributed by atoms with Gasteiger partial charge in [0.25, 0.3) is 0 Å². The van der Waals surface area contributed by atoms with Gasteiger partial charge in [0, 0.05) is 36.6 Å². The molecule has 1 saturated heterocycles. The van der Waals surface area contributed by atoms with E-state index in [9.17, 15) is 9.59 Å². The number of thioether (sulfide) groups is 1. The van der Waals surface area contributed by atoms with Crippen molar-refractivity contribution in [3.05, 3.63) is 24.3 Å². The molecule has 2 rings (SSSR count). The van der Waals surface area contributed by atoms with E-state index in [0.717, 1.165) is 5.69 Å². The molecule has 1 aromatic rings. The smallest absolute Gasteiger partial charge is 0.238 e.